The molecule has 2 aliphatic heterocycles. The van der Waals surface area contributed by atoms with Crippen molar-refractivity contribution < 1.29 is 57.2 Å². The van der Waals surface area contributed by atoms with Gasteiger partial charge in [0.15, 0.2) is 20.0 Å². The summed E-state index contributed by atoms with van der Waals surface area (Å²) in [4.78, 5) is 0. The highest BCUT2D eigenvalue weighted by Crippen LogP contribution is 2.36. The van der Waals surface area contributed by atoms with Gasteiger partial charge >= 0.3 is 11.0 Å². The van der Waals surface area contributed by atoms with Crippen LogP contribution in [0.3, 0.4) is 0 Å². The first kappa shape index (κ1) is 29.8. The van der Waals surface area contributed by atoms with Crippen molar-refractivity contribution in [2.45, 2.75) is 57.7 Å². The van der Waals surface area contributed by atoms with E-state index in [-0.39, 0.29) is 0 Å². The fourth-order valence-electron chi connectivity index (χ4n) is 3.41. The molecule has 2 saturated heterocycles. The van der Waals surface area contributed by atoms with Gasteiger partial charge in [-0.05, 0) is 12.8 Å². The van der Waals surface area contributed by atoms with Gasteiger partial charge < -0.3 is 13.6 Å². The van der Waals surface area contributed by atoms with Crippen molar-refractivity contribution in [1.82, 2.24) is 4.57 Å². The van der Waals surface area contributed by atoms with Crippen LogP contribution in [-0.2, 0) is 42.6 Å². The number of sulfonamides is 2. The Kier molecular flexibility index (Phi) is 8.64. The number of halogens is 6. The molecule has 3 rings (SSSR count). The van der Waals surface area contributed by atoms with Gasteiger partial charge in [-0.15, -0.1) is 0 Å². The lowest BCUT2D eigenvalue weighted by Gasteiger charge is -2.40. The Morgan fingerprint density at radius 2 is 1.34 bits per heavy atom. The zero-order chi connectivity index (χ0) is 26.9. The van der Waals surface area contributed by atoms with Crippen LogP contribution in [0.1, 0.15) is 32.5 Å². The molecule has 0 atom stereocenters. The summed E-state index contributed by atoms with van der Waals surface area (Å²) < 4.78 is 125. The Balaban J connectivity index is 0.000000260. The molecule has 0 radical (unpaired) electrons. The minimum atomic E-state index is -6.72. The first-order valence-corrected chi connectivity index (χ1v) is 13.3. The van der Waals surface area contributed by atoms with Crippen molar-refractivity contribution in [1.29, 1.82) is 0 Å². The highest BCUT2D eigenvalue weighted by molar-refractivity contribution is 8.13. The Morgan fingerprint density at radius 3 is 1.66 bits per heavy atom. The van der Waals surface area contributed by atoms with E-state index in [9.17, 15) is 43.2 Å². The predicted octanol–water partition coefficient (Wildman–Crippen LogP) is 3.00. The lowest BCUT2D eigenvalue weighted by molar-refractivity contribution is -0.719. The van der Waals surface area contributed by atoms with Crippen LogP contribution in [-0.4, -0.2) is 58.8 Å². The molecule has 0 aromatic carbocycles. The monoisotopic (exact) mass is 559 g/mol. The third-order valence-corrected chi connectivity index (χ3v) is 8.92. The molecule has 1 aromatic heterocycles. The minimum absolute atomic E-state index is 0.365. The van der Waals surface area contributed by atoms with Crippen LogP contribution in [0.25, 0.3) is 4.13 Å². The summed E-state index contributed by atoms with van der Waals surface area (Å²) in [6, 6.07) is 0. The van der Waals surface area contributed by atoms with Crippen LogP contribution in [0.5, 0.6) is 0 Å². The maximum absolute atomic E-state index is 11.4. The fraction of sp³-hybridized carbons (Fsp3) is 0.833. The average molecular weight is 560 g/mol. The molecular formula is C18H27F6N3O6S2. The first-order chi connectivity index (χ1) is 15.8. The SMILES string of the molecule is CCC1(Cn2cc[n+](CC3(CC)COC3)c2C)COC1.O=S(=O)([N-]S(=O)(=O)C(F)(F)F)C(F)(F)F. The molecule has 0 bridgehead atoms. The van der Waals surface area contributed by atoms with Crippen LogP contribution >= 0.6 is 0 Å². The average Bonchev–Trinajstić information content (AvgIpc) is 2.98. The van der Waals surface area contributed by atoms with Gasteiger partial charge in [0.1, 0.15) is 25.5 Å². The number of aromatic nitrogens is 2. The third-order valence-electron chi connectivity index (χ3n) is 6.18. The highest BCUT2D eigenvalue weighted by atomic mass is 32.3. The molecule has 2 fully saturated rings. The molecule has 2 aliphatic rings. The number of alkyl halides is 6. The molecule has 9 nitrogen and oxygen atoms in total. The van der Waals surface area contributed by atoms with E-state index < -0.39 is 31.1 Å². The van der Waals surface area contributed by atoms with E-state index in [1.54, 1.807) is 0 Å². The van der Waals surface area contributed by atoms with Gasteiger partial charge in [-0.25, -0.2) is 26.0 Å². The van der Waals surface area contributed by atoms with Crippen molar-refractivity contribution in [2.75, 3.05) is 26.4 Å². The Morgan fingerprint density at radius 1 is 0.914 bits per heavy atom. The summed E-state index contributed by atoms with van der Waals surface area (Å²) in [6.45, 7) is 12.6. The lowest BCUT2D eigenvalue weighted by atomic mass is 9.83. The van der Waals surface area contributed by atoms with Crippen molar-refractivity contribution in [3.8, 4) is 0 Å². The zero-order valence-corrected chi connectivity index (χ0v) is 20.8. The molecule has 0 unspecified atom stereocenters. The van der Waals surface area contributed by atoms with Gasteiger partial charge in [0.05, 0.1) is 37.3 Å². The number of rotatable bonds is 8. The van der Waals surface area contributed by atoms with Crippen LogP contribution in [0.15, 0.2) is 12.4 Å². The molecule has 0 N–H and O–H groups in total. The van der Waals surface area contributed by atoms with Crippen LogP contribution in [0.2, 0.25) is 0 Å². The number of nitrogens with zero attached hydrogens (tertiary/aromatic N) is 3. The summed E-state index contributed by atoms with van der Waals surface area (Å²) in [5.74, 6) is 1.35. The van der Waals surface area contributed by atoms with Gasteiger partial charge in [-0.2, -0.15) is 26.3 Å². The number of ether oxygens (including phenoxy) is 2. The van der Waals surface area contributed by atoms with Crippen molar-refractivity contribution in [2.24, 2.45) is 10.8 Å². The second-order valence-corrected chi connectivity index (χ2v) is 12.1. The van der Waals surface area contributed by atoms with Crippen molar-refractivity contribution >= 4 is 20.0 Å². The Hall–Kier alpha value is -1.43. The van der Waals surface area contributed by atoms with Crippen LogP contribution < -0.4 is 4.57 Å². The third kappa shape index (κ3) is 6.67. The van der Waals surface area contributed by atoms with Gasteiger partial charge in [0.25, 0.3) is 5.82 Å². The smallest absolute Gasteiger partial charge is 0.421 e. The Bertz CT molecular complexity index is 996. The quantitative estimate of drug-likeness (QED) is 0.358. The van der Waals surface area contributed by atoms with Gasteiger partial charge in [-0.3, -0.25) is 0 Å². The number of hydrogen-bond donors (Lipinski definition) is 0. The fourth-order valence-corrected chi connectivity index (χ4v) is 5.12. The summed E-state index contributed by atoms with van der Waals surface area (Å²) in [7, 11) is -13.4. The van der Waals surface area contributed by atoms with Gasteiger partial charge in [0, 0.05) is 6.92 Å². The predicted molar refractivity (Wildman–Crippen MR) is 110 cm³/mol. The standard InChI is InChI=1S/C16H27N2O2.C2F6NO4S2/c1-4-15(10-19-11-15)8-17-6-7-18(14(17)3)9-16(5-2)12-20-13-16;3-1(4,5)14(10,11)9-15(12,13)2(6,7)8/h6-7H,4-5,8-13H2,1-3H3;/q+1;-1. The van der Waals surface area contributed by atoms with Crippen LogP contribution in [0, 0.1) is 17.8 Å². The molecular weight excluding hydrogens is 532 g/mol. The molecule has 17 heteroatoms. The van der Waals surface area contributed by atoms with Gasteiger partial charge in [0.2, 0.25) is 0 Å². The lowest BCUT2D eigenvalue weighted by Crippen LogP contribution is -2.54. The molecule has 0 amide bonds. The normalized spacial score (nSPS) is 19.8. The second-order valence-electron chi connectivity index (χ2n) is 8.71. The first-order valence-electron chi connectivity index (χ1n) is 10.4. The molecule has 0 spiro atoms. The van der Waals surface area contributed by atoms with E-state index in [0.717, 1.165) is 43.6 Å². The Labute approximate surface area is 199 Å². The van der Waals surface area contributed by atoms with E-state index in [1.807, 2.05) is 0 Å². The van der Waals surface area contributed by atoms with Crippen molar-refractivity contribution in [3.63, 3.8) is 0 Å². The molecule has 35 heavy (non-hydrogen) atoms. The minimum Gasteiger partial charge on any atom is -0.421 e. The van der Waals surface area contributed by atoms with Gasteiger partial charge in [-0.1, -0.05) is 13.8 Å². The second kappa shape index (κ2) is 10.1. The molecule has 0 aliphatic carbocycles. The highest BCUT2D eigenvalue weighted by Gasteiger charge is 2.47. The summed E-state index contributed by atoms with van der Waals surface area (Å²) >= 11 is 0. The number of imidazole rings is 1. The van der Waals surface area contributed by atoms with E-state index in [4.69, 9.17) is 9.47 Å². The molecule has 0 saturated carbocycles. The maximum Gasteiger partial charge on any atom is 0.480 e. The molecule has 204 valence electrons. The van der Waals surface area contributed by atoms with E-state index in [2.05, 4.69) is 42.3 Å². The summed E-state index contributed by atoms with van der Waals surface area (Å²) in [5, 5.41) is 0. The maximum atomic E-state index is 11.4. The largest absolute Gasteiger partial charge is 0.480 e. The topological polar surface area (TPSA) is 110 Å². The summed E-state index contributed by atoms with van der Waals surface area (Å²) in [6.07, 6.45) is 6.84. The van der Waals surface area contributed by atoms with Crippen LogP contribution in [0.4, 0.5) is 26.3 Å². The summed E-state index contributed by atoms with van der Waals surface area (Å²) in [5.41, 5.74) is -11.7. The van der Waals surface area contributed by atoms with E-state index >= 15 is 0 Å². The number of hydrogen-bond acceptors (Lipinski definition) is 6. The molecule has 3 heterocycles. The van der Waals surface area contributed by atoms with E-state index in [0.29, 0.717) is 10.8 Å². The van der Waals surface area contributed by atoms with E-state index in [1.165, 1.54) is 18.7 Å². The molecule has 1 aromatic rings. The van der Waals surface area contributed by atoms with Crippen molar-refractivity contribution in [3.05, 3.63) is 22.3 Å². The zero-order valence-electron chi connectivity index (χ0n) is 19.2.